The Morgan fingerprint density at radius 2 is 2.31 bits per heavy atom. The van der Waals surface area contributed by atoms with E-state index in [9.17, 15) is 9.59 Å². The van der Waals surface area contributed by atoms with Gasteiger partial charge in [0.25, 0.3) is 0 Å². The molecule has 0 unspecified atom stereocenters. The van der Waals surface area contributed by atoms with Crippen LogP contribution in [-0.2, 0) is 11.2 Å². The van der Waals surface area contributed by atoms with E-state index < -0.39 is 0 Å². The van der Waals surface area contributed by atoms with Crippen molar-refractivity contribution in [2.75, 3.05) is 0 Å². The standard InChI is InChI=1S/C10H12O2S/c1-7(2)10(12)4-9-3-8(5-11)6-13-9/h3,5-7H,4H2,1-2H3. The van der Waals surface area contributed by atoms with Crippen LogP contribution in [0.2, 0.25) is 0 Å². The fourth-order valence-corrected chi connectivity index (χ4v) is 1.77. The third-order valence-corrected chi connectivity index (χ3v) is 2.76. The first-order chi connectivity index (χ1) is 6.13. The van der Waals surface area contributed by atoms with Crippen molar-refractivity contribution in [1.29, 1.82) is 0 Å². The number of hydrogen-bond acceptors (Lipinski definition) is 3. The number of thiophene rings is 1. The van der Waals surface area contributed by atoms with Crippen molar-refractivity contribution >= 4 is 23.4 Å². The Labute approximate surface area is 81.6 Å². The average Bonchev–Trinajstić information content (AvgIpc) is 2.52. The highest BCUT2D eigenvalue weighted by Crippen LogP contribution is 2.15. The summed E-state index contributed by atoms with van der Waals surface area (Å²) >= 11 is 1.47. The lowest BCUT2D eigenvalue weighted by molar-refractivity contribution is -0.121. The summed E-state index contributed by atoms with van der Waals surface area (Å²) in [6.45, 7) is 3.77. The van der Waals surface area contributed by atoms with Gasteiger partial charge in [-0.05, 0) is 6.07 Å². The molecule has 0 saturated heterocycles. The normalized spacial score (nSPS) is 10.4. The monoisotopic (exact) mass is 196 g/mol. The maximum absolute atomic E-state index is 11.3. The molecular formula is C10H12O2S. The topological polar surface area (TPSA) is 34.1 Å². The summed E-state index contributed by atoms with van der Waals surface area (Å²) in [6.07, 6.45) is 1.26. The van der Waals surface area contributed by atoms with Crippen LogP contribution in [0.5, 0.6) is 0 Å². The van der Waals surface area contributed by atoms with Gasteiger partial charge in [-0.3, -0.25) is 9.59 Å². The van der Waals surface area contributed by atoms with E-state index in [1.165, 1.54) is 11.3 Å². The lowest BCUT2D eigenvalue weighted by Crippen LogP contribution is -2.08. The van der Waals surface area contributed by atoms with Crippen molar-refractivity contribution in [2.24, 2.45) is 5.92 Å². The van der Waals surface area contributed by atoms with Gasteiger partial charge in [0.1, 0.15) is 5.78 Å². The first-order valence-corrected chi connectivity index (χ1v) is 5.06. The number of ketones is 1. The molecule has 1 heterocycles. The zero-order valence-corrected chi connectivity index (χ0v) is 8.56. The Kier molecular flexibility index (Phi) is 3.37. The van der Waals surface area contributed by atoms with Crippen LogP contribution in [0.15, 0.2) is 11.4 Å². The number of rotatable bonds is 4. The van der Waals surface area contributed by atoms with Crippen LogP contribution >= 0.6 is 11.3 Å². The van der Waals surface area contributed by atoms with Crippen molar-refractivity contribution in [2.45, 2.75) is 20.3 Å². The quantitative estimate of drug-likeness (QED) is 0.692. The van der Waals surface area contributed by atoms with Crippen LogP contribution in [-0.4, -0.2) is 12.1 Å². The Balaban J connectivity index is 2.64. The van der Waals surface area contributed by atoms with Gasteiger partial charge < -0.3 is 0 Å². The third-order valence-electron chi connectivity index (χ3n) is 1.80. The fraction of sp³-hybridized carbons (Fsp3) is 0.400. The number of carbonyl (C=O) groups is 2. The van der Waals surface area contributed by atoms with E-state index in [0.29, 0.717) is 12.0 Å². The van der Waals surface area contributed by atoms with Gasteiger partial charge in [-0.25, -0.2) is 0 Å². The number of Topliss-reactive ketones (excluding diaryl/α,β-unsaturated/α-hetero) is 1. The predicted octanol–water partition coefficient (Wildman–Crippen LogP) is 2.33. The molecule has 0 saturated carbocycles. The summed E-state index contributed by atoms with van der Waals surface area (Å²) in [5, 5.41) is 1.77. The molecule has 0 radical (unpaired) electrons. The second-order valence-electron chi connectivity index (χ2n) is 3.26. The summed E-state index contributed by atoms with van der Waals surface area (Å²) in [4.78, 5) is 22.7. The molecule has 0 aliphatic heterocycles. The molecule has 0 aliphatic carbocycles. The molecule has 0 fully saturated rings. The second-order valence-corrected chi connectivity index (χ2v) is 4.26. The largest absolute Gasteiger partial charge is 0.299 e. The molecule has 1 rings (SSSR count). The summed E-state index contributed by atoms with van der Waals surface area (Å²) < 4.78 is 0. The number of aldehydes is 1. The van der Waals surface area contributed by atoms with E-state index in [1.807, 2.05) is 13.8 Å². The summed E-state index contributed by atoms with van der Waals surface area (Å²) in [5.41, 5.74) is 0.663. The van der Waals surface area contributed by atoms with Gasteiger partial charge in [0.15, 0.2) is 6.29 Å². The lowest BCUT2D eigenvalue weighted by Gasteiger charge is -2.00. The molecule has 2 nitrogen and oxygen atoms in total. The van der Waals surface area contributed by atoms with Crippen molar-refractivity contribution in [3.63, 3.8) is 0 Å². The molecule has 70 valence electrons. The van der Waals surface area contributed by atoms with Gasteiger partial charge in [0.05, 0.1) is 0 Å². The molecule has 1 aromatic rings. The smallest absolute Gasteiger partial charge is 0.150 e. The highest BCUT2D eigenvalue weighted by molar-refractivity contribution is 7.10. The Hall–Kier alpha value is -0.960. The van der Waals surface area contributed by atoms with Gasteiger partial charge >= 0.3 is 0 Å². The number of hydrogen-bond donors (Lipinski definition) is 0. The van der Waals surface area contributed by atoms with Gasteiger partial charge in [-0.15, -0.1) is 11.3 Å². The Bertz CT molecular complexity index is 312. The van der Waals surface area contributed by atoms with Crippen molar-refractivity contribution in [1.82, 2.24) is 0 Å². The minimum atomic E-state index is 0.0711. The van der Waals surface area contributed by atoms with Gasteiger partial charge in [-0.2, -0.15) is 0 Å². The van der Waals surface area contributed by atoms with Crippen LogP contribution in [0, 0.1) is 5.92 Å². The van der Waals surface area contributed by atoms with Crippen LogP contribution in [0.3, 0.4) is 0 Å². The van der Waals surface area contributed by atoms with Crippen molar-refractivity contribution < 1.29 is 9.59 Å². The second kappa shape index (κ2) is 4.33. The zero-order chi connectivity index (χ0) is 9.84. The maximum atomic E-state index is 11.3. The summed E-state index contributed by atoms with van der Waals surface area (Å²) in [5.74, 6) is 0.293. The van der Waals surface area contributed by atoms with Gasteiger partial charge in [-0.1, -0.05) is 13.8 Å². The third kappa shape index (κ3) is 2.77. The molecule has 1 aromatic heterocycles. The Morgan fingerprint density at radius 1 is 1.62 bits per heavy atom. The zero-order valence-electron chi connectivity index (χ0n) is 7.74. The van der Waals surface area contributed by atoms with E-state index in [1.54, 1.807) is 11.4 Å². The van der Waals surface area contributed by atoms with Crippen molar-refractivity contribution in [3.05, 3.63) is 21.9 Å². The van der Waals surface area contributed by atoms with Crippen LogP contribution in [0.4, 0.5) is 0 Å². The first-order valence-electron chi connectivity index (χ1n) is 4.18. The molecule has 0 bridgehead atoms. The fourth-order valence-electron chi connectivity index (χ4n) is 0.928. The van der Waals surface area contributed by atoms with E-state index in [2.05, 4.69) is 0 Å². The minimum absolute atomic E-state index is 0.0711. The molecule has 0 aliphatic rings. The maximum Gasteiger partial charge on any atom is 0.150 e. The van der Waals surface area contributed by atoms with E-state index in [4.69, 9.17) is 0 Å². The summed E-state index contributed by atoms with van der Waals surface area (Å²) in [6, 6.07) is 1.78. The molecule has 0 N–H and O–H groups in total. The van der Waals surface area contributed by atoms with E-state index in [-0.39, 0.29) is 11.7 Å². The number of carbonyl (C=O) groups excluding carboxylic acids is 2. The highest BCUT2D eigenvalue weighted by Gasteiger charge is 2.09. The molecule has 0 atom stereocenters. The molecule has 0 aromatic carbocycles. The minimum Gasteiger partial charge on any atom is -0.299 e. The van der Waals surface area contributed by atoms with E-state index >= 15 is 0 Å². The van der Waals surface area contributed by atoms with E-state index in [0.717, 1.165) is 11.2 Å². The molecule has 0 spiro atoms. The SMILES string of the molecule is CC(C)C(=O)Cc1cc(C=O)cs1. The molecule has 3 heteroatoms. The van der Waals surface area contributed by atoms with Crippen molar-refractivity contribution in [3.8, 4) is 0 Å². The van der Waals surface area contributed by atoms with Crippen LogP contribution < -0.4 is 0 Å². The van der Waals surface area contributed by atoms with Crippen LogP contribution in [0.25, 0.3) is 0 Å². The molecule has 0 amide bonds. The Morgan fingerprint density at radius 3 is 2.77 bits per heavy atom. The predicted molar refractivity (Wildman–Crippen MR) is 53.3 cm³/mol. The molecule has 13 heavy (non-hydrogen) atoms. The average molecular weight is 196 g/mol. The first kappa shape index (κ1) is 10.1. The highest BCUT2D eigenvalue weighted by atomic mass is 32.1. The molecular weight excluding hydrogens is 184 g/mol. The summed E-state index contributed by atoms with van der Waals surface area (Å²) in [7, 11) is 0. The van der Waals surface area contributed by atoms with Gasteiger partial charge in [0.2, 0.25) is 0 Å². The van der Waals surface area contributed by atoms with Gasteiger partial charge in [0, 0.05) is 28.2 Å². The lowest BCUT2D eigenvalue weighted by atomic mass is 10.1. The van der Waals surface area contributed by atoms with Crippen LogP contribution in [0.1, 0.15) is 29.1 Å².